The van der Waals surface area contributed by atoms with Crippen LogP contribution in [0.1, 0.15) is 44.9 Å². The molecule has 0 aliphatic carbocycles. The Labute approximate surface area is 236 Å². The highest BCUT2D eigenvalue weighted by atomic mass is 32.2. The third kappa shape index (κ3) is 16.9. The van der Waals surface area contributed by atoms with Gasteiger partial charge in [-0.15, -0.1) is 0 Å². The highest BCUT2D eigenvalue weighted by molar-refractivity contribution is 7.98. The molecule has 0 saturated heterocycles. The molecule has 0 fully saturated rings. The van der Waals surface area contributed by atoms with Crippen LogP contribution in [0.5, 0.6) is 0 Å². The number of nitrogens with two attached hydrogens (primary N) is 5. The largest absolute Gasteiger partial charge is 0.481 e. The molecular formula is C22H42N10O7S. The number of nitrogens with zero attached hydrogens (tertiary/aromatic N) is 2. The maximum Gasteiger partial charge on any atom is 0.326 e. The third-order valence-electron chi connectivity index (χ3n) is 5.39. The zero-order valence-electron chi connectivity index (χ0n) is 22.5. The molecule has 3 amide bonds. The zero-order valence-corrected chi connectivity index (χ0v) is 23.3. The standard InChI is InChI=1S/C22H42N10O7S/c1-40-11-8-15(20(38)39)32-18(36)13(5-3-10-29-22(26)27)31-19(37)14(6-7-16(33)34)30-17(35)12(23)4-2-9-28-21(24)25/h12-15H,2-11,23H2,1H3,(H,30,35)(H,31,37)(H,32,36)(H,33,34)(H,38,39)(H4,24,25,28)(H4,26,27,29)/t12-,13+,14+,15+/m1/s1. The van der Waals surface area contributed by atoms with Crippen LogP contribution in [0.3, 0.4) is 0 Å². The van der Waals surface area contributed by atoms with Crippen LogP contribution >= 0.6 is 11.8 Å². The number of carboxylic acid groups (broad SMARTS) is 2. The van der Waals surface area contributed by atoms with E-state index in [9.17, 15) is 29.1 Å². The van der Waals surface area contributed by atoms with E-state index in [1.54, 1.807) is 6.26 Å². The van der Waals surface area contributed by atoms with Gasteiger partial charge in [0.2, 0.25) is 17.7 Å². The number of guanidine groups is 2. The molecule has 0 unspecified atom stereocenters. The van der Waals surface area contributed by atoms with Crippen molar-refractivity contribution in [1.82, 2.24) is 16.0 Å². The molecule has 0 aromatic rings. The second kappa shape index (κ2) is 20.2. The number of aliphatic carboxylic acids is 2. The molecule has 0 aliphatic heterocycles. The Morgan fingerprint density at radius 3 is 1.68 bits per heavy atom. The van der Waals surface area contributed by atoms with E-state index in [0.717, 1.165) is 0 Å². The lowest BCUT2D eigenvalue weighted by atomic mass is 10.1. The van der Waals surface area contributed by atoms with Crippen LogP contribution in [0.4, 0.5) is 0 Å². The number of aliphatic imine (C=N–C) groups is 2. The summed E-state index contributed by atoms with van der Waals surface area (Å²) in [5, 5.41) is 25.9. The maximum atomic E-state index is 13.1. The van der Waals surface area contributed by atoms with Crippen LogP contribution in [-0.4, -0.2) is 101 Å². The van der Waals surface area contributed by atoms with Crippen LogP contribution in [0.25, 0.3) is 0 Å². The summed E-state index contributed by atoms with van der Waals surface area (Å²) in [6.45, 7) is 0.363. The number of amides is 3. The van der Waals surface area contributed by atoms with Gasteiger partial charge in [-0.2, -0.15) is 11.8 Å². The molecule has 228 valence electrons. The molecule has 4 atom stereocenters. The first kappa shape index (κ1) is 36.2. The van der Waals surface area contributed by atoms with Crippen LogP contribution in [0.15, 0.2) is 9.98 Å². The van der Waals surface area contributed by atoms with E-state index in [2.05, 4.69) is 25.9 Å². The first-order valence-corrected chi connectivity index (χ1v) is 13.9. The molecule has 0 saturated carbocycles. The SMILES string of the molecule is CSCC[C@H](NC(=O)[C@H](CCCN=C(N)N)NC(=O)[C@H](CCC(=O)O)NC(=O)[C@H](N)CCCN=C(N)N)C(=O)O. The molecule has 17 nitrogen and oxygen atoms in total. The van der Waals surface area contributed by atoms with E-state index in [-0.39, 0.29) is 57.1 Å². The van der Waals surface area contributed by atoms with Crippen LogP contribution < -0.4 is 44.6 Å². The lowest BCUT2D eigenvalue weighted by Crippen LogP contribution is -2.57. The molecule has 0 aliphatic rings. The first-order chi connectivity index (χ1) is 18.8. The van der Waals surface area contributed by atoms with E-state index in [0.29, 0.717) is 12.2 Å². The molecule has 0 aromatic carbocycles. The fraction of sp³-hybridized carbons (Fsp3) is 0.682. The lowest BCUT2D eigenvalue weighted by Gasteiger charge is -2.25. The van der Waals surface area contributed by atoms with Crippen molar-refractivity contribution in [2.24, 2.45) is 38.7 Å². The topological polar surface area (TPSA) is 317 Å². The summed E-state index contributed by atoms with van der Waals surface area (Å²) in [6, 6.07) is -4.81. The van der Waals surface area contributed by atoms with Gasteiger partial charge in [-0.3, -0.25) is 29.2 Å². The Kier molecular flexibility index (Phi) is 18.2. The maximum absolute atomic E-state index is 13.1. The monoisotopic (exact) mass is 590 g/mol. The van der Waals surface area contributed by atoms with Crippen molar-refractivity contribution in [3.63, 3.8) is 0 Å². The summed E-state index contributed by atoms with van der Waals surface area (Å²) < 4.78 is 0. The number of carbonyl (C=O) groups is 5. The number of carbonyl (C=O) groups excluding carboxylic acids is 3. The summed E-state index contributed by atoms with van der Waals surface area (Å²) in [4.78, 5) is 69.1. The minimum atomic E-state index is -1.34. The van der Waals surface area contributed by atoms with Gasteiger partial charge in [0.05, 0.1) is 6.04 Å². The molecule has 0 bridgehead atoms. The molecule has 0 rings (SSSR count). The second-order valence-electron chi connectivity index (χ2n) is 8.74. The second-order valence-corrected chi connectivity index (χ2v) is 9.73. The molecular weight excluding hydrogens is 548 g/mol. The van der Waals surface area contributed by atoms with Gasteiger partial charge in [-0.05, 0) is 50.5 Å². The number of carboxylic acids is 2. The molecule has 40 heavy (non-hydrogen) atoms. The quantitative estimate of drug-likeness (QED) is 0.0354. The van der Waals surface area contributed by atoms with Crippen molar-refractivity contribution in [2.75, 3.05) is 25.1 Å². The lowest BCUT2D eigenvalue weighted by molar-refractivity contribution is -0.142. The van der Waals surface area contributed by atoms with E-state index >= 15 is 0 Å². The summed E-state index contributed by atoms with van der Waals surface area (Å²) in [6.07, 6.45) is 2.00. The predicted molar refractivity (Wildman–Crippen MR) is 151 cm³/mol. The molecule has 0 spiro atoms. The normalized spacial score (nSPS) is 13.6. The first-order valence-electron chi connectivity index (χ1n) is 12.5. The number of hydrogen-bond acceptors (Lipinski definition) is 9. The summed E-state index contributed by atoms with van der Waals surface area (Å²) in [5.41, 5.74) is 27.0. The van der Waals surface area contributed by atoms with Crippen molar-refractivity contribution in [2.45, 2.75) is 69.1 Å². The molecule has 0 heterocycles. The Hall–Kier alpha value is -3.80. The van der Waals surface area contributed by atoms with E-state index < -0.39 is 60.2 Å². The number of thioether (sulfide) groups is 1. The number of nitrogens with one attached hydrogen (secondary N) is 3. The summed E-state index contributed by atoms with van der Waals surface area (Å²) in [5.74, 6) is -4.60. The van der Waals surface area contributed by atoms with E-state index in [4.69, 9.17) is 33.8 Å². The van der Waals surface area contributed by atoms with Crippen LogP contribution in [0.2, 0.25) is 0 Å². The minimum absolute atomic E-state index is 0.0210. The summed E-state index contributed by atoms with van der Waals surface area (Å²) >= 11 is 1.40. The fourth-order valence-electron chi connectivity index (χ4n) is 3.28. The molecule has 18 heteroatoms. The Morgan fingerprint density at radius 1 is 0.725 bits per heavy atom. The zero-order chi connectivity index (χ0) is 30.7. The highest BCUT2D eigenvalue weighted by Crippen LogP contribution is 2.07. The van der Waals surface area contributed by atoms with Crippen molar-refractivity contribution >= 4 is 53.3 Å². The van der Waals surface area contributed by atoms with Gasteiger partial charge in [0, 0.05) is 19.5 Å². The van der Waals surface area contributed by atoms with Gasteiger partial charge in [0.1, 0.15) is 18.1 Å². The van der Waals surface area contributed by atoms with Crippen molar-refractivity contribution in [3.8, 4) is 0 Å². The van der Waals surface area contributed by atoms with Gasteiger partial charge in [0.25, 0.3) is 0 Å². The van der Waals surface area contributed by atoms with Gasteiger partial charge in [-0.1, -0.05) is 0 Å². The minimum Gasteiger partial charge on any atom is -0.481 e. The molecule has 0 radical (unpaired) electrons. The Bertz CT molecular complexity index is 910. The average molecular weight is 591 g/mol. The van der Waals surface area contributed by atoms with Gasteiger partial charge >= 0.3 is 11.9 Å². The van der Waals surface area contributed by atoms with Gasteiger partial charge in [-0.25, -0.2) is 4.79 Å². The van der Waals surface area contributed by atoms with E-state index in [1.165, 1.54) is 11.8 Å². The van der Waals surface area contributed by atoms with Crippen molar-refractivity contribution < 1.29 is 34.2 Å². The van der Waals surface area contributed by atoms with Crippen molar-refractivity contribution in [3.05, 3.63) is 0 Å². The fourth-order valence-corrected chi connectivity index (χ4v) is 3.75. The summed E-state index contributed by atoms with van der Waals surface area (Å²) in [7, 11) is 0. The average Bonchev–Trinajstić information content (AvgIpc) is 2.87. The Balaban J connectivity index is 5.62. The number of hydrogen-bond donors (Lipinski definition) is 10. The molecule has 0 aromatic heterocycles. The predicted octanol–water partition coefficient (Wildman–Crippen LogP) is -3.42. The Morgan fingerprint density at radius 2 is 1.20 bits per heavy atom. The van der Waals surface area contributed by atoms with Gasteiger partial charge in [0.15, 0.2) is 11.9 Å². The highest BCUT2D eigenvalue weighted by Gasteiger charge is 2.30. The third-order valence-corrected chi connectivity index (χ3v) is 6.03. The number of rotatable bonds is 21. The van der Waals surface area contributed by atoms with Crippen LogP contribution in [-0.2, 0) is 24.0 Å². The van der Waals surface area contributed by atoms with Crippen molar-refractivity contribution in [1.29, 1.82) is 0 Å². The van der Waals surface area contributed by atoms with Gasteiger partial charge < -0.3 is 54.8 Å². The molecule has 15 N–H and O–H groups in total. The van der Waals surface area contributed by atoms with E-state index in [1.807, 2.05) is 0 Å². The van der Waals surface area contributed by atoms with Crippen LogP contribution in [0, 0.1) is 0 Å². The smallest absolute Gasteiger partial charge is 0.326 e.